The molecule has 30 heavy (non-hydrogen) atoms. The Morgan fingerprint density at radius 3 is 2.43 bits per heavy atom. The van der Waals surface area contributed by atoms with Crippen LogP contribution in [0.4, 0.5) is 8.78 Å². The molecule has 0 radical (unpaired) electrons. The van der Waals surface area contributed by atoms with E-state index in [1.807, 2.05) is 0 Å². The Labute approximate surface area is 180 Å². The van der Waals surface area contributed by atoms with E-state index in [0.29, 0.717) is 19.1 Å². The molecule has 0 aromatic heterocycles. The Bertz CT molecular complexity index is 671. The Balaban J connectivity index is 1.89. The minimum atomic E-state index is -0.800. The number of aliphatic imine (C=N–C) groups is 1. The number of benzene rings is 1. The van der Waals surface area contributed by atoms with Crippen molar-refractivity contribution >= 4 is 5.96 Å². The van der Waals surface area contributed by atoms with Crippen LogP contribution in [0.3, 0.4) is 0 Å². The van der Waals surface area contributed by atoms with E-state index >= 15 is 0 Å². The Morgan fingerprint density at radius 2 is 1.87 bits per heavy atom. The monoisotopic (exact) mass is 424 g/mol. The molecular weight excluding hydrogens is 386 g/mol. The molecule has 3 N–H and O–H groups in total. The van der Waals surface area contributed by atoms with Crippen molar-refractivity contribution in [1.82, 2.24) is 15.5 Å². The van der Waals surface area contributed by atoms with Crippen LogP contribution in [0.25, 0.3) is 0 Å². The smallest absolute Gasteiger partial charge is 0.191 e. The summed E-state index contributed by atoms with van der Waals surface area (Å²) in [6.45, 7) is 10.5. The predicted octanol–water partition coefficient (Wildman–Crippen LogP) is 3.67. The zero-order valence-electron chi connectivity index (χ0n) is 18.7. The van der Waals surface area contributed by atoms with Crippen LogP contribution in [0.15, 0.2) is 23.2 Å². The average Bonchev–Trinajstić information content (AvgIpc) is 2.75. The minimum absolute atomic E-state index is 0.0465. The second-order valence-electron chi connectivity index (χ2n) is 8.32. The van der Waals surface area contributed by atoms with Gasteiger partial charge in [-0.3, -0.25) is 9.89 Å². The Kier molecular flexibility index (Phi) is 9.98. The highest BCUT2D eigenvalue weighted by atomic mass is 19.2. The largest absolute Gasteiger partial charge is 0.396 e. The molecule has 0 aliphatic carbocycles. The molecular formula is C23H38F2N4O. The van der Waals surface area contributed by atoms with Gasteiger partial charge in [0.05, 0.1) is 0 Å². The molecule has 0 saturated carbocycles. The number of aliphatic hydroxyl groups excluding tert-OH is 1. The van der Waals surface area contributed by atoms with Gasteiger partial charge in [0, 0.05) is 45.4 Å². The predicted molar refractivity (Wildman–Crippen MR) is 118 cm³/mol. The van der Waals surface area contributed by atoms with E-state index < -0.39 is 11.6 Å². The third-order valence-electron chi connectivity index (χ3n) is 6.38. The van der Waals surface area contributed by atoms with Crippen molar-refractivity contribution in [3.63, 3.8) is 0 Å². The number of aliphatic hydroxyl groups is 1. The third kappa shape index (κ3) is 7.20. The van der Waals surface area contributed by atoms with Crippen molar-refractivity contribution in [2.75, 3.05) is 32.8 Å². The van der Waals surface area contributed by atoms with E-state index in [4.69, 9.17) is 4.99 Å². The van der Waals surface area contributed by atoms with Gasteiger partial charge in [-0.2, -0.15) is 0 Å². The van der Waals surface area contributed by atoms with Gasteiger partial charge in [-0.15, -0.1) is 0 Å². The van der Waals surface area contributed by atoms with Crippen molar-refractivity contribution in [2.24, 2.45) is 10.4 Å². The number of piperidine rings is 1. The van der Waals surface area contributed by atoms with E-state index in [0.717, 1.165) is 63.3 Å². The van der Waals surface area contributed by atoms with Crippen LogP contribution >= 0.6 is 0 Å². The molecule has 5 nitrogen and oxygen atoms in total. The molecule has 0 amide bonds. The lowest BCUT2D eigenvalue weighted by molar-refractivity contribution is 0.175. The van der Waals surface area contributed by atoms with Gasteiger partial charge in [0.15, 0.2) is 17.6 Å². The molecule has 1 aliphatic heterocycles. The quantitative estimate of drug-likeness (QED) is 0.396. The molecule has 1 aliphatic rings. The molecule has 1 aromatic carbocycles. The van der Waals surface area contributed by atoms with Gasteiger partial charge < -0.3 is 15.7 Å². The number of halogens is 2. The van der Waals surface area contributed by atoms with Crippen LogP contribution in [-0.4, -0.2) is 54.8 Å². The van der Waals surface area contributed by atoms with Crippen molar-refractivity contribution in [3.8, 4) is 0 Å². The highest BCUT2D eigenvalue weighted by Crippen LogP contribution is 2.30. The van der Waals surface area contributed by atoms with Crippen molar-refractivity contribution in [1.29, 1.82) is 0 Å². The van der Waals surface area contributed by atoms with Gasteiger partial charge in [-0.25, -0.2) is 8.78 Å². The second kappa shape index (κ2) is 12.2. The Morgan fingerprint density at radius 1 is 1.17 bits per heavy atom. The lowest BCUT2D eigenvalue weighted by Crippen LogP contribution is -2.48. The van der Waals surface area contributed by atoms with Crippen LogP contribution in [0.1, 0.15) is 58.4 Å². The first-order chi connectivity index (χ1) is 14.4. The Hall–Kier alpha value is -1.73. The van der Waals surface area contributed by atoms with E-state index in [2.05, 4.69) is 36.3 Å². The van der Waals surface area contributed by atoms with Crippen molar-refractivity contribution in [2.45, 2.75) is 65.5 Å². The standard InChI is InChI=1S/C23H38F2N4O/c1-4-23(5-2,11-14-30)17-27-22(26-6-3)28-19-9-12-29(13-10-19)16-18-7-8-20(24)21(25)15-18/h7-8,15,19,30H,4-6,9-14,16-17H2,1-3H3,(H2,26,27,28). The van der Waals surface area contributed by atoms with Crippen LogP contribution in [0, 0.1) is 17.0 Å². The lowest BCUT2D eigenvalue weighted by atomic mass is 9.79. The number of hydrogen-bond acceptors (Lipinski definition) is 3. The van der Waals surface area contributed by atoms with Crippen LogP contribution < -0.4 is 10.6 Å². The number of likely N-dealkylation sites (tertiary alicyclic amines) is 1. The normalized spacial score (nSPS) is 16.7. The van der Waals surface area contributed by atoms with E-state index in [1.165, 1.54) is 12.1 Å². The summed E-state index contributed by atoms with van der Waals surface area (Å²) in [5.74, 6) is -0.751. The van der Waals surface area contributed by atoms with Crippen LogP contribution in [-0.2, 0) is 6.54 Å². The number of rotatable bonds is 10. The van der Waals surface area contributed by atoms with Gasteiger partial charge in [0.25, 0.3) is 0 Å². The van der Waals surface area contributed by atoms with Gasteiger partial charge in [-0.05, 0) is 62.1 Å². The van der Waals surface area contributed by atoms with Crippen LogP contribution in [0.5, 0.6) is 0 Å². The first-order valence-electron chi connectivity index (χ1n) is 11.3. The summed E-state index contributed by atoms with van der Waals surface area (Å²) in [7, 11) is 0. The zero-order valence-corrected chi connectivity index (χ0v) is 18.7. The number of nitrogens with one attached hydrogen (secondary N) is 2. The van der Waals surface area contributed by atoms with Gasteiger partial charge >= 0.3 is 0 Å². The fourth-order valence-corrected chi connectivity index (χ4v) is 4.04. The highest BCUT2D eigenvalue weighted by Gasteiger charge is 2.26. The summed E-state index contributed by atoms with van der Waals surface area (Å²) in [5, 5.41) is 16.3. The van der Waals surface area contributed by atoms with Gasteiger partial charge in [-0.1, -0.05) is 19.9 Å². The van der Waals surface area contributed by atoms with Crippen LogP contribution in [0.2, 0.25) is 0 Å². The van der Waals surface area contributed by atoms with Crippen molar-refractivity contribution in [3.05, 3.63) is 35.4 Å². The summed E-state index contributed by atoms with van der Waals surface area (Å²) in [6.07, 6.45) is 4.70. The number of nitrogens with zero attached hydrogens (tertiary/aromatic N) is 2. The minimum Gasteiger partial charge on any atom is -0.396 e. The van der Waals surface area contributed by atoms with Gasteiger partial charge in [0.1, 0.15) is 0 Å². The lowest BCUT2D eigenvalue weighted by Gasteiger charge is -2.34. The van der Waals surface area contributed by atoms with Gasteiger partial charge in [0.2, 0.25) is 0 Å². The topological polar surface area (TPSA) is 59.9 Å². The summed E-state index contributed by atoms with van der Waals surface area (Å²) in [5.41, 5.74) is 0.847. The maximum Gasteiger partial charge on any atom is 0.191 e. The molecule has 1 heterocycles. The summed E-state index contributed by atoms with van der Waals surface area (Å²) < 4.78 is 26.5. The molecule has 0 bridgehead atoms. The molecule has 0 unspecified atom stereocenters. The molecule has 7 heteroatoms. The summed E-state index contributed by atoms with van der Waals surface area (Å²) in [4.78, 5) is 7.11. The molecule has 1 saturated heterocycles. The maximum atomic E-state index is 13.4. The molecule has 170 valence electrons. The average molecular weight is 425 g/mol. The van der Waals surface area contributed by atoms with E-state index in [9.17, 15) is 13.9 Å². The zero-order chi connectivity index (χ0) is 22.0. The molecule has 2 rings (SSSR count). The number of hydrogen-bond donors (Lipinski definition) is 3. The van der Waals surface area contributed by atoms with Crippen molar-refractivity contribution < 1.29 is 13.9 Å². The third-order valence-corrected chi connectivity index (χ3v) is 6.38. The SMILES string of the molecule is CCNC(=NCC(CC)(CC)CCO)NC1CCN(Cc2ccc(F)c(F)c2)CC1. The fraction of sp³-hybridized carbons (Fsp3) is 0.696. The number of guanidine groups is 1. The highest BCUT2D eigenvalue weighted by molar-refractivity contribution is 5.80. The molecule has 0 atom stereocenters. The first kappa shape index (κ1) is 24.5. The van der Waals surface area contributed by atoms with E-state index in [-0.39, 0.29) is 12.0 Å². The fourth-order valence-electron chi connectivity index (χ4n) is 4.04. The molecule has 0 spiro atoms. The van der Waals surface area contributed by atoms with E-state index in [1.54, 1.807) is 6.07 Å². The second-order valence-corrected chi connectivity index (χ2v) is 8.32. The molecule has 1 aromatic rings. The summed E-state index contributed by atoms with van der Waals surface area (Å²) >= 11 is 0. The maximum absolute atomic E-state index is 13.4. The summed E-state index contributed by atoms with van der Waals surface area (Å²) in [6, 6.07) is 4.47. The molecule has 1 fully saturated rings. The first-order valence-corrected chi connectivity index (χ1v) is 11.3.